The van der Waals surface area contributed by atoms with Crippen LogP contribution in [0.5, 0.6) is 0 Å². The largest absolute Gasteiger partial charge is 0.421 e. The van der Waals surface area contributed by atoms with E-state index in [-0.39, 0.29) is 12.3 Å². The van der Waals surface area contributed by atoms with Gasteiger partial charge in [-0.15, -0.1) is 10.2 Å². The first-order chi connectivity index (χ1) is 10.5. The van der Waals surface area contributed by atoms with Crippen LogP contribution < -0.4 is 4.72 Å². The molecule has 0 aliphatic carbocycles. The number of rotatable bonds is 8. The minimum absolute atomic E-state index is 0.155. The van der Waals surface area contributed by atoms with E-state index in [1.54, 1.807) is 0 Å². The lowest BCUT2D eigenvalue weighted by molar-refractivity contribution is 0.501. The van der Waals surface area contributed by atoms with Gasteiger partial charge in [0.2, 0.25) is 21.8 Å². The van der Waals surface area contributed by atoms with Gasteiger partial charge in [0, 0.05) is 18.5 Å². The summed E-state index contributed by atoms with van der Waals surface area (Å²) in [6.07, 6.45) is 1.89. The van der Waals surface area contributed by atoms with E-state index in [4.69, 9.17) is 4.42 Å². The Bertz CT molecular complexity index is 710. The molecular weight excluding hydrogens is 302 g/mol. The minimum atomic E-state index is -3.20. The number of aromatic nitrogens is 2. The van der Waals surface area contributed by atoms with Crippen LogP contribution in [0.3, 0.4) is 0 Å². The summed E-state index contributed by atoms with van der Waals surface area (Å²) in [4.78, 5) is 0. The molecule has 2 aromatic rings. The summed E-state index contributed by atoms with van der Waals surface area (Å²) in [6.45, 7) is 4.22. The predicted octanol–water partition coefficient (Wildman–Crippen LogP) is 2.31. The second-order valence-electron chi connectivity index (χ2n) is 5.19. The van der Waals surface area contributed by atoms with E-state index >= 15 is 0 Å². The fraction of sp³-hybridized carbons (Fsp3) is 0.467. The zero-order valence-corrected chi connectivity index (χ0v) is 13.7. The van der Waals surface area contributed by atoms with Crippen molar-refractivity contribution in [3.05, 3.63) is 35.7 Å². The van der Waals surface area contributed by atoms with Crippen molar-refractivity contribution in [2.45, 2.75) is 33.1 Å². The minimum Gasteiger partial charge on any atom is -0.421 e. The van der Waals surface area contributed by atoms with E-state index in [0.29, 0.717) is 24.6 Å². The molecule has 0 radical (unpaired) electrons. The summed E-state index contributed by atoms with van der Waals surface area (Å²) in [5.41, 5.74) is 1.98. The smallest absolute Gasteiger partial charge is 0.247 e. The normalized spacial score (nSPS) is 11.7. The van der Waals surface area contributed by atoms with Crippen molar-refractivity contribution in [3.63, 3.8) is 0 Å². The predicted molar refractivity (Wildman–Crippen MR) is 84.9 cm³/mol. The molecule has 120 valence electrons. The lowest BCUT2D eigenvalue weighted by Gasteiger charge is -2.03. The zero-order valence-electron chi connectivity index (χ0n) is 12.9. The summed E-state index contributed by atoms with van der Waals surface area (Å²) >= 11 is 0. The molecule has 7 heteroatoms. The summed E-state index contributed by atoms with van der Waals surface area (Å²) < 4.78 is 31.4. The zero-order chi connectivity index (χ0) is 16.0. The van der Waals surface area contributed by atoms with E-state index < -0.39 is 10.0 Å². The SMILES string of the molecule is CCCCS(=O)(=O)NCCc1nnc(-c2cccc(C)c2)o1. The number of hydrogen-bond donors (Lipinski definition) is 1. The quantitative estimate of drug-likeness (QED) is 0.805. The number of sulfonamides is 1. The highest BCUT2D eigenvalue weighted by atomic mass is 32.2. The Morgan fingerprint density at radius 3 is 2.82 bits per heavy atom. The van der Waals surface area contributed by atoms with Crippen molar-refractivity contribution in [2.75, 3.05) is 12.3 Å². The molecule has 0 unspecified atom stereocenters. The molecule has 22 heavy (non-hydrogen) atoms. The maximum absolute atomic E-state index is 11.7. The lowest BCUT2D eigenvalue weighted by Crippen LogP contribution is -2.28. The van der Waals surface area contributed by atoms with Gasteiger partial charge in [-0.1, -0.05) is 31.0 Å². The number of unbranched alkanes of at least 4 members (excludes halogenated alkanes) is 1. The first-order valence-corrected chi connectivity index (χ1v) is 9.02. The topological polar surface area (TPSA) is 85.1 Å². The highest BCUT2D eigenvalue weighted by Crippen LogP contribution is 2.18. The molecule has 0 bridgehead atoms. The van der Waals surface area contributed by atoms with E-state index in [1.807, 2.05) is 38.1 Å². The monoisotopic (exact) mass is 323 g/mol. The van der Waals surface area contributed by atoms with Crippen LogP contribution in [-0.2, 0) is 16.4 Å². The Morgan fingerprint density at radius 2 is 2.09 bits per heavy atom. The molecule has 0 aliphatic heterocycles. The molecule has 0 spiro atoms. The first kappa shape index (κ1) is 16.6. The first-order valence-electron chi connectivity index (χ1n) is 7.37. The van der Waals surface area contributed by atoms with Crippen LogP contribution in [0.15, 0.2) is 28.7 Å². The van der Waals surface area contributed by atoms with Crippen molar-refractivity contribution in [3.8, 4) is 11.5 Å². The lowest BCUT2D eigenvalue weighted by atomic mass is 10.1. The van der Waals surface area contributed by atoms with Crippen molar-refractivity contribution < 1.29 is 12.8 Å². The number of nitrogens with zero attached hydrogens (tertiary/aromatic N) is 2. The third-order valence-electron chi connectivity index (χ3n) is 3.16. The molecule has 0 saturated heterocycles. The summed E-state index contributed by atoms with van der Waals surface area (Å²) in [6, 6.07) is 7.78. The summed E-state index contributed by atoms with van der Waals surface area (Å²) in [5, 5.41) is 7.95. The fourth-order valence-corrected chi connectivity index (χ4v) is 3.20. The van der Waals surface area contributed by atoms with E-state index in [2.05, 4.69) is 14.9 Å². The van der Waals surface area contributed by atoms with Crippen LogP contribution in [0.1, 0.15) is 31.2 Å². The molecule has 1 aromatic carbocycles. The summed E-state index contributed by atoms with van der Waals surface area (Å²) in [5.74, 6) is 1.03. The maximum Gasteiger partial charge on any atom is 0.247 e. The molecule has 0 fully saturated rings. The molecule has 0 amide bonds. The van der Waals surface area contributed by atoms with Gasteiger partial charge in [-0.25, -0.2) is 13.1 Å². The van der Waals surface area contributed by atoms with Gasteiger partial charge in [0.05, 0.1) is 5.75 Å². The Hall–Kier alpha value is -1.73. The van der Waals surface area contributed by atoms with Crippen molar-refractivity contribution in [2.24, 2.45) is 0 Å². The average Bonchev–Trinajstić information content (AvgIpc) is 2.94. The van der Waals surface area contributed by atoms with Crippen LogP contribution in [0.4, 0.5) is 0 Å². The Morgan fingerprint density at radius 1 is 1.27 bits per heavy atom. The van der Waals surface area contributed by atoms with Crippen LogP contribution in [-0.4, -0.2) is 30.9 Å². The van der Waals surface area contributed by atoms with Gasteiger partial charge in [0.1, 0.15) is 0 Å². The van der Waals surface area contributed by atoms with Gasteiger partial charge in [-0.2, -0.15) is 0 Å². The molecule has 2 rings (SSSR count). The number of aryl methyl sites for hydroxylation is 1. The fourth-order valence-electron chi connectivity index (χ4n) is 1.97. The molecule has 0 aliphatic rings. The summed E-state index contributed by atoms with van der Waals surface area (Å²) in [7, 11) is -3.20. The molecule has 1 aromatic heterocycles. The number of hydrogen-bond acceptors (Lipinski definition) is 5. The second kappa shape index (κ2) is 7.51. The Kier molecular flexibility index (Phi) is 5.68. The molecular formula is C15H21N3O3S. The van der Waals surface area contributed by atoms with Gasteiger partial charge in [0.25, 0.3) is 0 Å². The maximum atomic E-state index is 11.7. The highest BCUT2D eigenvalue weighted by molar-refractivity contribution is 7.89. The Balaban J connectivity index is 1.90. The van der Waals surface area contributed by atoms with Crippen molar-refractivity contribution in [1.29, 1.82) is 0 Å². The third-order valence-corrected chi connectivity index (χ3v) is 4.63. The Labute approximate surface area is 131 Å². The molecule has 6 nitrogen and oxygen atoms in total. The van der Waals surface area contributed by atoms with Gasteiger partial charge in [0.15, 0.2) is 0 Å². The van der Waals surface area contributed by atoms with Crippen molar-refractivity contribution in [1.82, 2.24) is 14.9 Å². The van der Waals surface area contributed by atoms with Crippen LogP contribution in [0.25, 0.3) is 11.5 Å². The van der Waals surface area contributed by atoms with E-state index in [0.717, 1.165) is 17.5 Å². The van der Waals surface area contributed by atoms with Crippen LogP contribution >= 0.6 is 0 Å². The van der Waals surface area contributed by atoms with Crippen LogP contribution in [0.2, 0.25) is 0 Å². The van der Waals surface area contributed by atoms with E-state index in [1.165, 1.54) is 0 Å². The molecule has 0 saturated carbocycles. The molecule has 1 N–H and O–H groups in total. The molecule has 1 heterocycles. The third kappa shape index (κ3) is 4.92. The van der Waals surface area contributed by atoms with Crippen molar-refractivity contribution >= 4 is 10.0 Å². The highest BCUT2D eigenvalue weighted by Gasteiger charge is 2.11. The van der Waals surface area contributed by atoms with Gasteiger partial charge >= 0.3 is 0 Å². The van der Waals surface area contributed by atoms with E-state index in [9.17, 15) is 8.42 Å². The second-order valence-corrected chi connectivity index (χ2v) is 7.11. The number of nitrogens with one attached hydrogen (secondary N) is 1. The molecule has 0 atom stereocenters. The van der Waals surface area contributed by atoms with Gasteiger partial charge in [-0.05, 0) is 25.5 Å². The standard InChI is InChI=1S/C15H21N3O3S/c1-3-4-10-22(19,20)16-9-8-14-17-18-15(21-14)13-7-5-6-12(2)11-13/h5-7,11,16H,3-4,8-10H2,1-2H3. The average molecular weight is 323 g/mol. The van der Waals surface area contributed by atoms with Crippen LogP contribution in [0, 0.1) is 6.92 Å². The number of benzene rings is 1. The van der Waals surface area contributed by atoms with Gasteiger partial charge < -0.3 is 4.42 Å². The van der Waals surface area contributed by atoms with Gasteiger partial charge in [-0.3, -0.25) is 0 Å².